The van der Waals surface area contributed by atoms with Crippen molar-refractivity contribution in [2.45, 2.75) is 69.1 Å². The van der Waals surface area contributed by atoms with Gasteiger partial charge in [0.15, 0.2) is 12.2 Å². The highest BCUT2D eigenvalue weighted by molar-refractivity contribution is 6.91. The summed E-state index contributed by atoms with van der Waals surface area (Å²) in [6.07, 6.45) is 1.24. The molecule has 5 atom stereocenters. The Morgan fingerprint density at radius 1 is 0.963 bits per heavy atom. The topological polar surface area (TPSA) is 109 Å². The number of methoxy groups -OCH3 is 1. The Kier molecular flexibility index (Phi) is 9.36. The van der Waals surface area contributed by atoms with Gasteiger partial charge in [0, 0.05) is 23.7 Å². The van der Waals surface area contributed by atoms with Gasteiger partial charge in [-0.2, -0.15) is 0 Å². The largest absolute Gasteiger partial charge is 0.497 e. The van der Waals surface area contributed by atoms with Crippen LogP contribution in [0.5, 0.6) is 11.5 Å². The zero-order chi connectivity index (χ0) is 37.8. The van der Waals surface area contributed by atoms with Gasteiger partial charge in [-0.1, -0.05) is 79.8 Å². The first-order valence-corrected chi connectivity index (χ1v) is 21.9. The molecule has 0 unspecified atom stereocenters. The number of para-hydroxylation sites is 3. The van der Waals surface area contributed by atoms with Crippen LogP contribution >= 0.6 is 0 Å². The maximum atomic E-state index is 15.3. The lowest BCUT2D eigenvalue weighted by molar-refractivity contribution is -0.150. The van der Waals surface area contributed by atoms with E-state index in [1.807, 2.05) is 89.8 Å². The Hall–Kier alpha value is -4.97. The average Bonchev–Trinajstić information content (AvgIpc) is 3.85. The number of nitrogens with zero attached hydrogens (tertiary/aromatic N) is 3. The first kappa shape index (κ1) is 36.0. The monoisotopic (exact) mass is 745 g/mol. The SMILES string of the molecule is COc1ccc([Si](C)(C)[C@@H]2[C@@H](CC(=O)N3CCC[C@H]3CO)O[C@]3(C(=O)N(Cc4cccc(N5C(=O)COc6ccccc65)c4)c4ccccc43)[C@H]2C)cc1. The molecule has 4 heterocycles. The number of hydrogen-bond donors (Lipinski definition) is 1. The molecule has 2 fully saturated rings. The summed E-state index contributed by atoms with van der Waals surface area (Å²) in [4.78, 5) is 47.8. The number of aliphatic hydroxyl groups is 1. The number of ether oxygens (including phenoxy) is 3. The number of benzene rings is 4. The zero-order valence-corrected chi connectivity index (χ0v) is 32.2. The van der Waals surface area contributed by atoms with Crippen molar-refractivity contribution in [2.75, 3.05) is 36.7 Å². The maximum Gasteiger partial charge on any atom is 0.269 e. The van der Waals surface area contributed by atoms with Crippen molar-refractivity contribution in [1.82, 2.24) is 4.90 Å². The van der Waals surface area contributed by atoms with Crippen molar-refractivity contribution >= 4 is 48.0 Å². The molecule has 10 nitrogen and oxygen atoms in total. The van der Waals surface area contributed by atoms with Gasteiger partial charge in [-0.05, 0) is 66.4 Å². The van der Waals surface area contributed by atoms with Crippen molar-refractivity contribution in [3.05, 3.63) is 108 Å². The van der Waals surface area contributed by atoms with Crippen LogP contribution in [0.2, 0.25) is 18.6 Å². The molecule has 0 aromatic heterocycles. The summed E-state index contributed by atoms with van der Waals surface area (Å²) in [5.41, 5.74) is 2.42. The second-order valence-corrected chi connectivity index (χ2v) is 20.2. The minimum Gasteiger partial charge on any atom is -0.497 e. The Bertz CT molecular complexity index is 2090. The first-order valence-electron chi connectivity index (χ1n) is 18.9. The third-order valence-electron chi connectivity index (χ3n) is 12.2. The van der Waals surface area contributed by atoms with Gasteiger partial charge in [0.25, 0.3) is 11.8 Å². The molecule has 280 valence electrons. The van der Waals surface area contributed by atoms with Crippen LogP contribution in [0.15, 0.2) is 97.1 Å². The number of aliphatic hydroxyl groups excluding tert-OH is 1. The average molecular weight is 746 g/mol. The molecule has 4 aromatic carbocycles. The van der Waals surface area contributed by atoms with E-state index in [1.165, 1.54) is 5.19 Å². The number of anilines is 3. The van der Waals surface area contributed by atoms with Gasteiger partial charge in [-0.25, -0.2) is 0 Å². The Balaban J connectivity index is 1.16. The molecule has 0 saturated carbocycles. The minimum atomic E-state index is -2.46. The summed E-state index contributed by atoms with van der Waals surface area (Å²) < 4.78 is 18.4. The maximum absolute atomic E-state index is 15.3. The van der Waals surface area contributed by atoms with Crippen molar-refractivity contribution in [3.8, 4) is 11.5 Å². The van der Waals surface area contributed by atoms with Crippen LogP contribution in [-0.2, 0) is 31.3 Å². The van der Waals surface area contributed by atoms with Gasteiger partial charge < -0.3 is 29.1 Å². The Morgan fingerprint density at radius 3 is 2.46 bits per heavy atom. The number of carbonyl (C=O) groups is 3. The molecular weight excluding hydrogens is 699 g/mol. The van der Waals surface area contributed by atoms with E-state index >= 15 is 4.79 Å². The lowest BCUT2D eigenvalue weighted by atomic mass is 9.82. The van der Waals surface area contributed by atoms with Crippen LogP contribution in [0.25, 0.3) is 0 Å². The zero-order valence-electron chi connectivity index (χ0n) is 31.2. The molecule has 4 aliphatic rings. The Morgan fingerprint density at radius 2 is 1.70 bits per heavy atom. The summed E-state index contributed by atoms with van der Waals surface area (Å²) in [6, 6.07) is 31.0. The van der Waals surface area contributed by atoms with Crippen molar-refractivity contribution in [1.29, 1.82) is 0 Å². The van der Waals surface area contributed by atoms with Gasteiger partial charge in [-0.3, -0.25) is 19.3 Å². The number of likely N-dealkylation sites (tertiary alicyclic amines) is 1. The Labute approximate surface area is 317 Å². The van der Waals surface area contributed by atoms with Crippen molar-refractivity contribution in [3.63, 3.8) is 0 Å². The van der Waals surface area contributed by atoms with Crippen LogP contribution in [-0.4, -0.2) is 74.8 Å². The van der Waals surface area contributed by atoms with Crippen LogP contribution in [0, 0.1) is 5.92 Å². The number of hydrogen-bond acceptors (Lipinski definition) is 7. The van der Waals surface area contributed by atoms with Crippen LogP contribution < -0.4 is 24.5 Å². The molecule has 3 amide bonds. The lowest BCUT2D eigenvalue weighted by Crippen LogP contribution is -2.52. The van der Waals surface area contributed by atoms with Gasteiger partial charge in [0.05, 0.1) is 58.3 Å². The molecule has 4 aliphatic heterocycles. The van der Waals surface area contributed by atoms with E-state index in [1.54, 1.807) is 16.9 Å². The molecule has 0 aliphatic carbocycles. The van der Waals surface area contributed by atoms with Crippen molar-refractivity contribution < 1.29 is 33.7 Å². The van der Waals surface area contributed by atoms with Crippen LogP contribution in [0.4, 0.5) is 17.1 Å². The molecule has 0 bridgehead atoms. The van der Waals surface area contributed by atoms with E-state index in [0.29, 0.717) is 23.7 Å². The highest BCUT2D eigenvalue weighted by atomic mass is 28.3. The third-order valence-corrected chi connectivity index (χ3v) is 16.6. The molecule has 1 N–H and O–H groups in total. The third kappa shape index (κ3) is 5.80. The normalized spacial score (nSPS) is 24.9. The molecule has 4 aromatic rings. The van der Waals surface area contributed by atoms with Crippen molar-refractivity contribution in [2.24, 2.45) is 5.92 Å². The summed E-state index contributed by atoms with van der Waals surface area (Å²) in [7, 11) is -0.809. The molecule has 54 heavy (non-hydrogen) atoms. The van der Waals surface area contributed by atoms with E-state index in [4.69, 9.17) is 14.2 Å². The highest BCUT2D eigenvalue weighted by Gasteiger charge is 2.66. The van der Waals surface area contributed by atoms with E-state index in [9.17, 15) is 14.7 Å². The molecule has 0 radical (unpaired) electrons. The van der Waals surface area contributed by atoms with E-state index < -0.39 is 19.8 Å². The van der Waals surface area contributed by atoms with Gasteiger partial charge >= 0.3 is 0 Å². The minimum absolute atomic E-state index is 0.0445. The predicted molar refractivity (Wildman–Crippen MR) is 209 cm³/mol. The van der Waals surface area contributed by atoms with Gasteiger partial charge in [-0.15, -0.1) is 0 Å². The quantitative estimate of drug-likeness (QED) is 0.213. The number of rotatable bonds is 9. The fourth-order valence-corrected chi connectivity index (χ4v) is 13.6. The number of fused-ring (bicyclic) bond motifs is 3. The first-order chi connectivity index (χ1) is 26.1. The molecule has 8 rings (SSSR count). The predicted octanol–water partition coefficient (Wildman–Crippen LogP) is 5.89. The smallest absolute Gasteiger partial charge is 0.269 e. The fraction of sp³-hybridized carbons (Fsp3) is 0.372. The highest BCUT2D eigenvalue weighted by Crippen LogP contribution is 2.60. The second-order valence-electron chi connectivity index (χ2n) is 15.5. The van der Waals surface area contributed by atoms with E-state index in [-0.39, 0.29) is 61.4 Å². The van der Waals surface area contributed by atoms with E-state index in [2.05, 4.69) is 32.2 Å². The van der Waals surface area contributed by atoms with Crippen LogP contribution in [0.3, 0.4) is 0 Å². The summed E-state index contributed by atoms with van der Waals surface area (Å²) in [6.45, 7) is 7.49. The summed E-state index contributed by atoms with van der Waals surface area (Å²) in [5.74, 6) is 0.781. The fourth-order valence-electron chi connectivity index (χ4n) is 9.63. The molecular formula is C43H47N3O7Si. The number of carbonyl (C=O) groups excluding carboxylic acids is 3. The second kappa shape index (κ2) is 14.0. The molecule has 1 spiro atoms. The lowest BCUT2D eigenvalue weighted by Gasteiger charge is -2.37. The standard InChI is InChI=1S/C43H47N3O7Si/c1-28-41(54(3,4)33-20-18-32(51-2)19-21-33)38(24-39(48)44-22-10-13-31(44)26-47)53-43(28)34-14-5-6-15-35(34)45(42(43)50)25-29-11-9-12-30(23-29)46-36-16-7-8-17-37(36)52-27-40(46)49/h5-9,11-12,14-21,23,28,31,38,41,47H,10,13,22,24-27H2,1-4H3/t28-,31-,38+,41-,43+/m0/s1. The number of amides is 3. The molecule has 2 saturated heterocycles. The summed E-state index contributed by atoms with van der Waals surface area (Å²) in [5, 5.41) is 11.3. The summed E-state index contributed by atoms with van der Waals surface area (Å²) >= 11 is 0. The van der Waals surface area contributed by atoms with Crippen LogP contribution in [0.1, 0.15) is 37.3 Å². The van der Waals surface area contributed by atoms with E-state index in [0.717, 1.165) is 35.4 Å². The van der Waals surface area contributed by atoms with Gasteiger partial charge in [0.1, 0.15) is 11.5 Å². The van der Waals surface area contributed by atoms with Gasteiger partial charge in [0.2, 0.25) is 5.91 Å². The molecule has 11 heteroatoms.